The van der Waals surface area contributed by atoms with E-state index in [1.165, 1.54) is 0 Å². The average molecular weight is 371 g/mol. The Morgan fingerprint density at radius 1 is 0.926 bits per heavy atom. The third kappa shape index (κ3) is 7.03. The molecule has 0 aliphatic rings. The van der Waals surface area contributed by atoms with Gasteiger partial charge in [-0.15, -0.1) is 0 Å². The highest BCUT2D eigenvalue weighted by Gasteiger charge is 2.01. The fourth-order valence-electron chi connectivity index (χ4n) is 2.43. The molecule has 0 bridgehead atoms. The zero-order valence-electron chi connectivity index (χ0n) is 15.6. The number of ether oxygens (including phenoxy) is 3. The molecule has 0 aliphatic carbocycles. The number of nitrogens with one attached hydrogen (secondary N) is 1. The van der Waals surface area contributed by atoms with Gasteiger partial charge in [0.15, 0.2) is 0 Å². The molecule has 6 heteroatoms. The van der Waals surface area contributed by atoms with Crippen LogP contribution >= 0.6 is 0 Å². The Hall–Kier alpha value is -2.99. The Bertz CT molecular complexity index is 733. The third-order valence-corrected chi connectivity index (χ3v) is 3.91. The predicted octanol–water partition coefficient (Wildman–Crippen LogP) is 3.93. The maximum Gasteiger partial charge on any atom is 0.243 e. The van der Waals surface area contributed by atoms with E-state index in [0.717, 1.165) is 34.8 Å². The number of methoxy groups -OCH3 is 2. The van der Waals surface area contributed by atoms with Gasteiger partial charge in [-0.25, -0.2) is 5.48 Å². The first-order valence-electron chi connectivity index (χ1n) is 8.71. The zero-order chi connectivity index (χ0) is 19.5. The SMILES string of the molecule is COc1cc(/C=C/c2ccc(OCCCCC(=O)NO)cc2)cc(OC)c1. The van der Waals surface area contributed by atoms with E-state index in [1.54, 1.807) is 19.7 Å². The summed E-state index contributed by atoms with van der Waals surface area (Å²) in [6, 6.07) is 13.5. The van der Waals surface area contributed by atoms with Crippen LogP contribution in [0.1, 0.15) is 30.4 Å². The summed E-state index contributed by atoms with van der Waals surface area (Å²) in [6.07, 6.45) is 5.70. The standard InChI is InChI=1S/C21H25NO5/c1-25-19-13-17(14-20(15-19)26-2)7-6-16-8-10-18(11-9-16)27-12-4-3-5-21(23)22-24/h6-11,13-15,24H,3-5,12H2,1-2H3,(H,22,23)/b7-6+. The molecule has 1 amide bonds. The van der Waals surface area contributed by atoms with Crippen molar-refractivity contribution in [3.63, 3.8) is 0 Å². The topological polar surface area (TPSA) is 77.0 Å². The molecule has 2 aromatic carbocycles. The maximum absolute atomic E-state index is 10.9. The highest BCUT2D eigenvalue weighted by atomic mass is 16.5. The second-order valence-corrected chi connectivity index (χ2v) is 5.89. The number of amides is 1. The van der Waals surface area contributed by atoms with Gasteiger partial charge in [-0.05, 0) is 48.2 Å². The Morgan fingerprint density at radius 2 is 1.56 bits per heavy atom. The number of hydroxylamine groups is 1. The minimum Gasteiger partial charge on any atom is -0.497 e. The molecular formula is C21H25NO5. The average Bonchev–Trinajstić information content (AvgIpc) is 2.72. The first kappa shape index (κ1) is 20.3. The van der Waals surface area contributed by atoms with Gasteiger partial charge in [0.05, 0.1) is 20.8 Å². The Labute approximate surface area is 159 Å². The van der Waals surface area contributed by atoms with Crippen LogP contribution in [0.2, 0.25) is 0 Å². The van der Waals surface area contributed by atoms with Gasteiger partial charge in [0.1, 0.15) is 17.2 Å². The van der Waals surface area contributed by atoms with Crippen LogP contribution in [0.25, 0.3) is 12.2 Å². The van der Waals surface area contributed by atoms with Crippen molar-refractivity contribution in [2.24, 2.45) is 0 Å². The Morgan fingerprint density at radius 3 is 2.15 bits per heavy atom. The molecule has 0 aliphatic heterocycles. The number of hydrogen-bond donors (Lipinski definition) is 2. The molecule has 0 unspecified atom stereocenters. The van der Waals surface area contributed by atoms with Gasteiger partial charge >= 0.3 is 0 Å². The normalized spacial score (nSPS) is 10.6. The van der Waals surface area contributed by atoms with Gasteiger partial charge in [-0.3, -0.25) is 10.0 Å². The minimum atomic E-state index is -0.375. The van der Waals surface area contributed by atoms with E-state index in [4.69, 9.17) is 19.4 Å². The summed E-state index contributed by atoms with van der Waals surface area (Å²) in [4.78, 5) is 10.9. The van der Waals surface area contributed by atoms with E-state index < -0.39 is 0 Å². The smallest absolute Gasteiger partial charge is 0.243 e. The van der Waals surface area contributed by atoms with Crippen LogP contribution in [0.15, 0.2) is 42.5 Å². The molecule has 0 atom stereocenters. The van der Waals surface area contributed by atoms with Crippen LogP contribution in [0.4, 0.5) is 0 Å². The van der Waals surface area contributed by atoms with Crippen LogP contribution in [-0.2, 0) is 4.79 Å². The Balaban J connectivity index is 1.86. The van der Waals surface area contributed by atoms with Crippen molar-refractivity contribution in [1.82, 2.24) is 5.48 Å². The predicted molar refractivity (Wildman–Crippen MR) is 104 cm³/mol. The number of unbranched alkanes of at least 4 members (excludes halogenated alkanes) is 1. The van der Waals surface area contributed by atoms with E-state index in [2.05, 4.69) is 0 Å². The summed E-state index contributed by atoms with van der Waals surface area (Å²) in [7, 11) is 3.25. The molecule has 6 nitrogen and oxygen atoms in total. The second kappa shape index (κ2) is 10.9. The molecule has 0 saturated carbocycles. The molecule has 27 heavy (non-hydrogen) atoms. The van der Waals surface area contributed by atoms with Crippen molar-refractivity contribution in [3.05, 3.63) is 53.6 Å². The second-order valence-electron chi connectivity index (χ2n) is 5.89. The van der Waals surface area contributed by atoms with Gasteiger partial charge in [0, 0.05) is 12.5 Å². The lowest BCUT2D eigenvalue weighted by molar-refractivity contribution is -0.129. The van der Waals surface area contributed by atoms with Gasteiger partial charge in [-0.2, -0.15) is 0 Å². The Kier molecular flexibility index (Phi) is 8.19. The summed E-state index contributed by atoms with van der Waals surface area (Å²) in [5, 5.41) is 8.42. The van der Waals surface area contributed by atoms with Crippen LogP contribution in [0.5, 0.6) is 17.2 Å². The molecular weight excluding hydrogens is 346 g/mol. The molecule has 2 N–H and O–H groups in total. The number of carbonyl (C=O) groups is 1. The van der Waals surface area contributed by atoms with E-state index in [9.17, 15) is 4.79 Å². The van der Waals surface area contributed by atoms with Crippen molar-refractivity contribution in [2.45, 2.75) is 19.3 Å². The molecule has 2 rings (SSSR count). The fourth-order valence-corrected chi connectivity index (χ4v) is 2.43. The van der Waals surface area contributed by atoms with E-state index in [-0.39, 0.29) is 5.91 Å². The number of benzene rings is 2. The largest absolute Gasteiger partial charge is 0.497 e. The highest BCUT2D eigenvalue weighted by Crippen LogP contribution is 2.24. The van der Waals surface area contributed by atoms with Gasteiger partial charge < -0.3 is 14.2 Å². The first-order chi connectivity index (χ1) is 13.1. The van der Waals surface area contributed by atoms with Crippen molar-refractivity contribution < 1.29 is 24.2 Å². The van der Waals surface area contributed by atoms with E-state index >= 15 is 0 Å². The van der Waals surface area contributed by atoms with Crippen LogP contribution in [-0.4, -0.2) is 31.9 Å². The molecule has 0 saturated heterocycles. The molecule has 0 fully saturated rings. The van der Waals surface area contributed by atoms with Crippen molar-refractivity contribution in [3.8, 4) is 17.2 Å². The van der Waals surface area contributed by atoms with Crippen molar-refractivity contribution in [2.75, 3.05) is 20.8 Å². The lowest BCUT2D eigenvalue weighted by Crippen LogP contribution is -2.18. The third-order valence-electron chi connectivity index (χ3n) is 3.91. The molecule has 0 aromatic heterocycles. The number of rotatable bonds is 10. The summed E-state index contributed by atoms with van der Waals surface area (Å²) in [6.45, 7) is 0.525. The van der Waals surface area contributed by atoms with E-state index in [1.807, 2.05) is 54.6 Å². The number of carbonyl (C=O) groups excluding carboxylic acids is 1. The van der Waals surface area contributed by atoms with E-state index in [0.29, 0.717) is 19.4 Å². The lowest BCUT2D eigenvalue weighted by Gasteiger charge is -2.07. The maximum atomic E-state index is 10.9. The zero-order valence-corrected chi connectivity index (χ0v) is 15.6. The van der Waals surface area contributed by atoms with Crippen molar-refractivity contribution in [1.29, 1.82) is 0 Å². The van der Waals surface area contributed by atoms with Gasteiger partial charge in [0.25, 0.3) is 0 Å². The monoisotopic (exact) mass is 371 g/mol. The molecule has 0 heterocycles. The molecule has 144 valence electrons. The fraction of sp³-hybridized carbons (Fsp3) is 0.286. The summed E-state index contributed by atoms with van der Waals surface area (Å²) >= 11 is 0. The quantitative estimate of drug-likeness (QED) is 0.286. The lowest BCUT2D eigenvalue weighted by atomic mass is 10.1. The van der Waals surface area contributed by atoms with Gasteiger partial charge in [0.2, 0.25) is 5.91 Å². The molecule has 0 spiro atoms. The van der Waals surface area contributed by atoms with Crippen LogP contribution < -0.4 is 19.7 Å². The summed E-state index contributed by atoms with van der Waals surface area (Å²) in [5.74, 6) is 1.89. The first-order valence-corrected chi connectivity index (χ1v) is 8.71. The summed E-state index contributed by atoms with van der Waals surface area (Å²) in [5.41, 5.74) is 3.65. The highest BCUT2D eigenvalue weighted by molar-refractivity contribution is 5.74. The van der Waals surface area contributed by atoms with Crippen LogP contribution in [0, 0.1) is 0 Å². The van der Waals surface area contributed by atoms with Crippen LogP contribution in [0.3, 0.4) is 0 Å². The van der Waals surface area contributed by atoms with Crippen molar-refractivity contribution >= 4 is 18.1 Å². The number of hydrogen-bond acceptors (Lipinski definition) is 5. The minimum absolute atomic E-state index is 0.290. The van der Waals surface area contributed by atoms with Gasteiger partial charge in [-0.1, -0.05) is 24.3 Å². The molecule has 0 radical (unpaired) electrons. The molecule has 2 aromatic rings. The summed E-state index contributed by atoms with van der Waals surface area (Å²) < 4.78 is 16.2.